The molecule has 0 fully saturated rings. The number of hydrogen-bond acceptors (Lipinski definition) is 3. The van der Waals surface area contributed by atoms with Crippen molar-refractivity contribution in [2.45, 2.75) is 13.5 Å². The van der Waals surface area contributed by atoms with E-state index in [1.54, 1.807) is 17.0 Å². The smallest absolute Gasteiger partial charge is 0.239 e. The lowest BCUT2D eigenvalue weighted by molar-refractivity contribution is -0.119. The Morgan fingerprint density at radius 2 is 2.24 bits per heavy atom. The molecule has 0 aliphatic carbocycles. The number of aliphatic hydroxyl groups is 1. The average molecular weight is 257 g/mol. The second-order valence-electron chi connectivity index (χ2n) is 3.74. The fourth-order valence-electron chi connectivity index (χ4n) is 1.46. The molecule has 1 aromatic carbocycles. The number of anilines is 1. The van der Waals surface area contributed by atoms with E-state index in [1.807, 2.05) is 20.0 Å². The van der Waals surface area contributed by atoms with Crippen LogP contribution < -0.4 is 10.2 Å². The van der Waals surface area contributed by atoms with Gasteiger partial charge in [-0.2, -0.15) is 0 Å². The summed E-state index contributed by atoms with van der Waals surface area (Å²) in [7, 11) is 1.82. The first-order chi connectivity index (χ1) is 8.08. The van der Waals surface area contributed by atoms with Crippen LogP contribution >= 0.6 is 11.6 Å². The molecule has 5 heteroatoms. The number of nitrogens with zero attached hydrogens (tertiary/aromatic N) is 1. The molecule has 0 radical (unpaired) electrons. The standard InChI is InChI=1S/C12H17ClN2O2/c1-3-14-12(17)7-15(2)10-5-4-9(8-16)11(13)6-10/h4-6,16H,3,7-8H2,1-2H3,(H,14,17). The molecule has 2 N–H and O–H groups in total. The molecular formula is C12H17ClN2O2. The van der Waals surface area contributed by atoms with Crippen LogP contribution in [0.25, 0.3) is 0 Å². The van der Waals surface area contributed by atoms with Crippen LogP contribution in [0.3, 0.4) is 0 Å². The number of aliphatic hydroxyl groups excluding tert-OH is 1. The Bertz CT molecular complexity index is 396. The van der Waals surface area contributed by atoms with Crippen molar-refractivity contribution in [3.63, 3.8) is 0 Å². The van der Waals surface area contributed by atoms with Crippen molar-refractivity contribution in [1.82, 2.24) is 5.32 Å². The van der Waals surface area contributed by atoms with Gasteiger partial charge >= 0.3 is 0 Å². The first-order valence-electron chi connectivity index (χ1n) is 5.45. The number of nitrogens with one attached hydrogen (secondary N) is 1. The zero-order chi connectivity index (χ0) is 12.8. The van der Waals surface area contributed by atoms with E-state index in [2.05, 4.69) is 5.32 Å². The number of amides is 1. The lowest BCUT2D eigenvalue weighted by Gasteiger charge is -2.19. The minimum Gasteiger partial charge on any atom is -0.392 e. The minimum absolute atomic E-state index is 0.0302. The van der Waals surface area contributed by atoms with Gasteiger partial charge in [0.2, 0.25) is 5.91 Å². The van der Waals surface area contributed by atoms with Crippen LogP contribution in [0.1, 0.15) is 12.5 Å². The number of hydrogen-bond donors (Lipinski definition) is 2. The summed E-state index contributed by atoms with van der Waals surface area (Å²) in [6, 6.07) is 5.33. The van der Waals surface area contributed by atoms with Gasteiger partial charge in [0, 0.05) is 24.3 Å². The maximum absolute atomic E-state index is 11.4. The Labute approximate surface area is 106 Å². The van der Waals surface area contributed by atoms with Crippen molar-refractivity contribution >= 4 is 23.2 Å². The first kappa shape index (κ1) is 13.8. The van der Waals surface area contributed by atoms with Crippen LogP contribution in [-0.4, -0.2) is 31.2 Å². The Kier molecular flexibility index (Phi) is 5.25. The van der Waals surface area contributed by atoms with E-state index in [0.29, 0.717) is 17.1 Å². The van der Waals surface area contributed by atoms with Crippen molar-refractivity contribution in [1.29, 1.82) is 0 Å². The zero-order valence-corrected chi connectivity index (χ0v) is 10.8. The summed E-state index contributed by atoms with van der Waals surface area (Å²) < 4.78 is 0. The SMILES string of the molecule is CCNC(=O)CN(C)c1ccc(CO)c(Cl)c1. The summed E-state index contributed by atoms with van der Waals surface area (Å²) in [4.78, 5) is 13.2. The number of carbonyl (C=O) groups is 1. The summed E-state index contributed by atoms with van der Waals surface area (Å²) >= 11 is 5.98. The van der Waals surface area contributed by atoms with Crippen LogP contribution in [-0.2, 0) is 11.4 Å². The Morgan fingerprint density at radius 3 is 2.76 bits per heavy atom. The Balaban J connectivity index is 2.72. The topological polar surface area (TPSA) is 52.6 Å². The lowest BCUT2D eigenvalue weighted by Crippen LogP contribution is -2.34. The van der Waals surface area contributed by atoms with Crippen LogP contribution in [0.5, 0.6) is 0 Å². The maximum Gasteiger partial charge on any atom is 0.239 e. The van der Waals surface area contributed by atoms with Crippen LogP contribution in [0.4, 0.5) is 5.69 Å². The van der Waals surface area contributed by atoms with E-state index in [4.69, 9.17) is 16.7 Å². The highest BCUT2D eigenvalue weighted by atomic mass is 35.5. The lowest BCUT2D eigenvalue weighted by atomic mass is 10.2. The molecule has 0 atom stereocenters. The Hall–Kier alpha value is -1.26. The summed E-state index contributed by atoms with van der Waals surface area (Å²) in [6.07, 6.45) is 0. The summed E-state index contributed by atoms with van der Waals surface area (Å²) in [6.45, 7) is 2.70. The third-order valence-electron chi connectivity index (χ3n) is 2.40. The van der Waals surface area contributed by atoms with Crippen LogP contribution in [0.15, 0.2) is 18.2 Å². The summed E-state index contributed by atoms with van der Waals surface area (Å²) in [5, 5.41) is 12.2. The third kappa shape index (κ3) is 3.91. The summed E-state index contributed by atoms with van der Waals surface area (Å²) in [5.74, 6) is -0.0302. The predicted molar refractivity (Wildman–Crippen MR) is 69.3 cm³/mol. The van der Waals surface area contributed by atoms with Gasteiger partial charge in [0.25, 0.3) is 0 Å². The predicted octanol–water partition coefficient (Wildman–Crippen LogP) is 1.40. The number of rotatable bonds is 5. The fraction of sp³-hybridized carbons (Fsp3) is 0.417. The highest BCUT2D eigenvalue weighted by Gasteiger charge is 2.08. The molecule has 0 spiro atoms. The maximum atomic E-state index is 11.4. The third-order valence-corrected chi connectivity index (χ3v) is 2.75. The number of likely N-dealkylation sites (N-methyl/N-ethyl adjacent to an activating group) is 2. The molecule has 0 saturated heterocycles. The van der Waals surface area contributed by atoms with Crippen molar-refractivity contribution < 1.29 is 9.90 Å². The van der Waals surface area contributed by atoms with Crippen molar-refractivity contribution in [3.05, 3.63) is 28.8 Å². The molecule has 0 saturated carbocycles. The van der Waals surface area contributed by atoms with Crippen molar-refractivity contribution in [2.24, 2.45) is 0 Å². The molecule has 1 amide bonds. The fourth-order valence-corrected chi connectivity index (χ4v) is 1.70. The molecule has 4 nitrogen and oxygen atoms in total. The van der Waals surface area contributed by atoms with E-state index >= 15 is 0 Å². The van der Waals surface area contributed by atoms with E-state index in [9.17, 15) is 4.79 Å². The van der Waals surface area contributed by atoms with Gasteiger partial charge in [0.05, 0.1) is 13.2 Å². The van der Waals surface area contributed by atoms with E-state index < -0.39 is 0 Å². The molecule has 17 heavy (non-hydrogen) atoms. The second kappa shape index (κ2) is 6.47. The van der Waals surface area contributed by atoms with Crippen molar-refractivity contribution in [2.75, 3.05) is 25.0 Å². The van der Waals surface area contributed by atoms with E-state index in [-0.39, 0.29) is 19.1 Å². The molecule has 0 heterocycles. The largest absolute Gasteiger partial charge is 0.392 e. The molecule has 0 aliphatic rings. The van der Waals surface area contributed by atoms with Gasteiger partial charge in [0.15, 0.2) is 0 Å². The highest BCUT2D eigenvalue weighted by Crippen LogP contribution is 2.22. The molecule has 0 bridgehead atoms. The van der Waals surface area contributed by atoms with Gasteiger partial charge in [-0.05, 0) is 24.6 Å². The number of halogens is 1. The second-order valence-corrected chi connectivity index (χ2v) is 4.15. The quantitative estimate of drug-likeness (QED) is 0.838. The number of carbonyl (C=O) groups excluding carboxylic acids is 1. The summed E-state index contributed by atoms with van der Waals surface area (Å²) in [5.41, 5.74) is 1.53. The molecule has 1 rings (SSSR count). The van der Waals surface area contributed by atoms with Gasteiger partial charge in [0.1, 0.15) is 0 Å². The van der Waals surface area contributed by atoms with Gasteiger partial charge in [-0.25, -0.2) is 0 Å². The zero-order valence-electron chi connectivity index (χ0n) is 10.0. The van der Waals surface area contributed by atoms with Gasteiger partial charge in [-0.3, -0.25) is 4.79 Å². The van der Waals surface area contributed by atoms with Gasteiger partial charge < -0.3 is 15.3 Å². The molecule has 0 aromatic heterocycles. The average Bonchev–Trinajstić information content (AvgIpc) is 2.29. The first-order valence-corrected chi connectivity index (χ1v) is 5.83. The van der Waals surface area contributed by atoms with Crippen LogP contribution in [0.2, 0.25) is 5.02 Å². The van der Waals surface area contributed by atoms with E-state index in [1.165, 1.54) is 0 Å². The minimum atomic E-state index is -0.0842. The molecule has 0 unspecified atom stereocenters. The van der Waals surface area contributed by atoms with Crippen LogP contribution in [0, 0.1) is 0 Å². The molecule has 1 aromatic rings. The monoisotopic (exact) mass is 256 g/mol. The Morgan fingerprint density at radius 1 is 1.53 bits per heavy atom. The van der Waals surface area contributed by atoms with E-state index in [0.717, 1.165) is 5.69 Å². The highest BCUT2D eigenvalue weighted by molar-refractivity contribution is 6.31. The normalized spacial score (nSPS) is 10.1. The molecular weight excluding hydrogens is 240 g/mol. The van der Waals surface area contributed by atoms with Crippen molar-refractivity contribution in [3.8, 4) is 0 Å². The molecule has 0 aliphatic heterocycles. The van der Waals surface area contributed by atoms with Gasteiger partial charge in [-0.15, -0.1) is 0 Å². The number of benzene rings is 1. The molecule has 94 valence electrons. The van der Waals surface area contributed by atoms with Gasteiger partial charge in [-0.1, -0.05) is 17.7 Å².